The number of ether oxygens (including phenoxy) is 1. The Labute approximate surface area is 158 Å². The molecular weight excluding hydrogens is 342 g/mol. The summed E-state index contributed by atoms with van der Waals surface area (Å²) in [6.07, 6.45) is 5.55. The highest BCUT2D eigenvalue weighted by molar-refractivity contribution is 5.69. The Morgan fingerprint density at radius 3 is 2.81 bits per heavy atom. The molecule has 2 aromatic rings. The highest BCUT2D eigenvalue weighted by Crippen LogP contribution is 2.49. The zero-order chi connectivity index (χ0) is 18.8. The Morgan fingerprint density at radius 1 is 1.22 bits per heavy atom. The van der Waals surface area contributed by atoms with Crippen molar-refractivity contribution in [1.29, 1.82) is 0 Å². The number of para-hydroxylation sites is 1. The molecule has 2 fully saturated rings. The van der Waals surface area contributed by atoms with E-state index in [1.54, 1.807) is 0 Å². The molecule has 7 heteroatoms. The summed E-state index contributed by atoms with van der Waals surface area (Å²) in [5, 5.41) is 3.14. The molecule has 1 heterocycles. The Morgan fingerprint density at radius 2 is 2.07 bits per heavy atom. The highest BCUT2D eigenvalue weighted by atomic mass is 16.5. The minimum absolute atomic E-state index is 0.00875. The van der Waals surface area contributed by atoms with Crippen LogP contribution in [-0.4, -0.2) is 20.9 Å². The Balaban J connectivity index is 1.35. The number of hydrogen-bond donors (Lipinski definition) is 2. The highest BCUT2D eigenvalue weighted by Gasteiger charge is 2.40. The van der Waals surface area contributed by atoms with E-state index in [9.17, 15) is 4.79 Å². The lowest BCUT2D eigenvalue weighted by Crippen LogP contribution is -2.17. The number of aromatic nitrogens is 3. The number of aryl methyl sites for hydroxylation is 1. The SMILES string of the molecule is Cc1ccccc1Nc1nc(N)nc(COC(=O)C[C@@H]2C[C@H]3CC[C@H]2C3)n1. The third-order valence-corrected chi connectivity index (χ3v) is 5.77. The van der Waals surface area contributed by atoms with Crippen LogP contribution in [0.4, 0.5) is 17.6 Å². The molecule has 1 aromatic carbocycles. The number of hydrogen-bond acceptors (Lipinski definition) is 7. The van der Waals surface area contributed by atoms with Crippen LogP contribution in [0, 0.1) is 24.7 Å². The van der Waals surface area contributed by atoms with Gasteiger partial charge in [0.2, 0.25) is 11.9 Å². The molecule has 0 spiro atoms. The smallest absolute Gasteiger partial charge is 0.306 e. The van der Waals surface area contributed by atoms with E-state index in [4.69, 9.17) is 10.5 Å². The van der Waals surface area contributed by atoms with Crippen molar-refractivity contribution in [3.63, 3.8) is 0 Å². The van der Waals surface area contributed by atoms with Crippen LogP contribution >= 0.6 is 0 Å². The summed E-state index contributed by atoms with van der Waals surface area (Å²) in [7, 11) is 0. The molecule has 0 amide bonds. The minimum Gasteiger partial charge on any atom is -0.457 e. The van der Waals surface area contributed by atoms with Gasteiger partial charge in [-0.2, -0.15) is 15.0 Å². The summed E-state index contributed by atoms with van der Waals surface area (Å²) in [6, 6.07) is 7.82. The maximum atomic E-state index is 12.2. The molecule has 7 nitrogen and oxygen atoms in total. The predicted molar refractivity (Wildman–Crippen MR) is 102 cm³/mol. The maximum absolute atomic E-state index is 12.2. The molecular formula is C20H25N5O2. The van der Waals surface area contributed by atoms with Gasteiger partial charge in [-0.15, -0.1) is 0 Å². The van der Waals surface area contributed by atoms with Gasteiger partial charge in [0.15, 0.2) is 12.4 Å². The summed E-state index contributed by atoms with van der Waals surface area (Å²) < 4.78 is 5.41. The van der Waals surface area contributed by atoms with Gasteiger partial charge < -0.3 is 15.8 Å². The number of nitrogen functional groups attached to an aromatic ring is 1. The molecule has 3 N–H and O–H groups in total. The quantitative estimate of drug-likeness (QED) is 0.754. The van der Waals surface area contributed by atoms with Gasteiger partial charge in [-0.1, -0.05) is 24.6 Å². The van der Waals surface area contributed by atoms with E-state index in [-0.39, 0.29) is 18.5 Å². The van der Waals surface area contributed by atoms with Crippen molar-refractivity contribution in [2.45, 2.75) is 45.6 Å². The number of nitrogens with one attached hydrogen (secondary N) is 1. The average molecular weight is 367 g/mol. The maximum Gasteiger partial charge on any atom is 0.306 e. The van der Waals surface area contributed by atoms with Gasteiger partial charge in [0, 0.05) is 12.1 Å². The van der Waals surface area contributed by atoms with Crippen LogP contribution in [-0.2, 0) is 16.1 Å². The van der Waals surface area contributed by atoms with Gasteiger partial charge in [0.05, 0.1) is 0 Å². The van der Waals surface area contributed by atoms with E-state index in [0.717, 1.165) is 17.2 Å². The molecule has 0 saturated heterocycles. The number of esters is 1. The number of carbonyl (C=O) groups is 1. The summed E-state index contributed by atoms with van der Waals surface area (Å²) >= 11 is 0. The lowest BCUT2D eigenvalue weighted by atomic mass is 9.86. The van der Waals surface area contributed by atoms with Crippen molar-refractivity contribution < 1.29 is 9.53 Å². The number of benzene rings is 1. The van der Waals surface area contributed by atoms with Crippen molar-refractivity contribution >= 4 is 23.6 Å². The largest absolute Gasteiger partial charge is 0.457 e. The lowest BCUT2D eigenvalue weighted by molar-refractivity contribution is -0.146. The first kappa shape index (κ1) is 17.7. The van der Waals surface area contributed by atoms with Crippen LogP contribution in [0.1, 0.15) is 43.5 Å². The van der Waals surface area contributed by atoms with E-state index < -0.39 is 0 Å². The molecule has 4 rings (SSSR count). The molecule has 0 aliphatic heterocycles. The van der Waals surface area contributed by atoms with Crippen LogP contribution in [0.3, 0.4) is 0 Å². The topological polar surface area (TPSA) is 103 Å². The van der Waals surface area contributed by atoms with Crippen molar-refractivity contribution in [3.05, 3.63) is 35.7 Å². The number of carbonyl (C=O) groups excluding carboxylic acids is 1. The molecule has 0 unspecified atom stereocenters. The van der Waals surface area contributed by atoms with Crippen LogP contribution in [0.15, 0.2) is 24.3 Å². The van der Waals surface area contributed by atoms with Crippen molar-refractivity contribution in [2.24, 2.45) is 17.8 Å². The van der Waals surface area contributed by atoms with E-state index in [0.29, 0.717) is 30.0 Å². The molecule has 142 valence electrons. The molecule has 27 heavy (non-hydrogen) atoms. The summed E-state index contributed by atoms with van der Waals surface area (Å²) in [5.41, 5.74) is 7.74. The molecule has 3 atom stereocenters. The normalized spacial score (nSPS) is 23.4. The zero-order valence-electron chi connectivity index (χ0n) is 15.5. The number of anilines is 3. The van der Waals surface area contributed by atoms with E-state index in [2.05, 4.69) is 20.3 Å². The standard InChI is InChI=1S/C20H25N5O2/c1-12-4-2-3-5-16(12)22-20-24-17(23-19(21)25-20)11-27-18(26)10-15-9-13-6-7-14(15)8-13/h2-5,13-15H,6-11H2,1H3,(H3,21,22,23,24,25)/t13-,14-,15-/m0/s1. The van der Waals surface area contributed by atoms with Crippen LogP contribution in [0.5, 0.6) is 0 Å². The predicted octanol–water partition coefficient (Wildman–Crippen LogP) is 3.38. The molecule has 1 aromatic heterocycles. The van der Waals surface area contributed by atoms with Crippen LogP contribution in [0.2, 0.25) is 0 Å². The van der Waals surface area contributed by atoms with Crippen molar-refractivity contribution in [1.82, 2.24) is 15.0 Å². The molecule has 0 radical (unpaired) electrons. The fourth-order valence-electron chi connectivity index (χ4n) is 4.44. The molecule has 2 aliphatic rings. The van der Waals surface area contributed by atoms with Gasteiger partial charge >= 0.3 is 5.97 Å². The van der Waals surface area contributed by atoms with Gasteiger partial charge in [0.25, 0.3) is 0 Å². The summed E-state index contributed by atoms with van der Waals surface area (Å²) in [5.74, 6) is 2.63. The summed E-state index contributed by atoms with van der Waals surface area (Å²) in [4.78, 5) is 24.7. The average Bonchev–Trinajstić information content (AvgIpc) is 3.25. The fourth-order valence-corrected chi connectivity index (χ4v) is 4.44. The molecule has 2 bridgehead atoms. The minimum atomic E-state index is -0.181. The lowest BCUT2D eigenvalue weighted by Gasteiger charge is -2.20. The third-order valence-electron chi connectivity index (χ3n) is 5.77. The second-order valence-electron chi connectivity index (χ2n) is 7.67. The Hall–Kier alpha value is -2.70. The zero-order valence-corrected chi connectivity index (χ0v) is 15.5. The van der Waals surface area contributed by atoms with Crippen molar-refractivity contribution in [3.8, 4) is 0 Å². The first-order valence-corrected chi connectivity index (χ1v) is 9.55. The van der Waals surface area contributed by atoms with Gasteiger partial charge in [0.1, 0.15) is 0 Å². The molecule has 2 aliphatic carbocycles. The van der Waals surface area contributed by atoms with Gasteiger partial charge in [-0.3, -0.25) is 4.79 Å². The van der Waals surface area contributed by atoms with Crippen molar-refractivity contribution in [2.75, 3.05) is 11.1 Å². The first-order chi connectivity index (χ1) is 13.1. The first-order valence-electron chi connectivity index (χ1n) is 9.55. The number of nitrogens with two attached hydrogens (primary N) is 1. The second-order valence-corrected chi connectivity index (χ2v) is 7.67. The van der Waals surface area contributed by atoms with E-state index in [1.165, 1.54) is 25.7 Å². The monoisotopic (exact) mass is 367 g/mol. The number of rotatable bonds is 6. The Kier molecular flexibility index (Phi) is 4.92. The van der Waals surface area contributed by atoms with Gasteiger partial charge in [-0.25, -0.2) is 0 Å². The van der Waals surface area contributed by atoms with Gasteiger partial charge in [-0.05, 0) is 55.6 Å². The second kappa shape index (κ2) is 7.50. The summed E-state index contributed by atoms with van der Waals surface area (Å²) in [6.45, 7) is 2.00. The van der Waals surface area contributed by atoms with E-state index in [1.807, 2.05) is 31.2 Å². The fraction of sp³-hybridized carbons (Fsp3) is 0.500. The number of nitrogens with zero attached hydrogens (tertiary/aromatic N) is 3. The molecule has 2 saturated carbocycles. The number of fused-ring (bicyclic) bond motifs is 2. The Bertz CT molecular complexity index is 841. The third kappa shape index (κ3) is 4.18. The van der Waals surface area contributed by atoms with Crippen LogP contribution < -0.4 is 11.1 Å². The van der Waals surface area contributed by atoms with E-state index >= 15 is 0 Å². The van der Waals surface area contributed by atoms with Crippen LogP contribution in [0.25, 0.3) is 0 Å².